The number of carbonyl (C=O) groups is 1. The van der Waals surface area contributed by atoms with Crippen molar-refractivity contribution in [3.8, 4) is 0 Å². The fourth-order valence-corrected chi connectivity index (χ4v) is 2.33. The molecule has 13 heavy (non-hydrogen) atoms. The summed E-state index contributed by atoms with van der Waals surface area (Å²) in [6, 6.07) is 0. The summed E-state index contributed by atoms with van der Waals surface area (Å²) in [4.78, 5) is 11.7. The van der Waals surface area contributed by atoms with E-state index in [1.165, 1.54) is 12.8 Å². The van der Waals surface area contributed by atoms with E-state index in [9.17, 15) is 4.79 Å². The van der Waals surface area contributed by atoms with Crippen LogP contribution in [0.2, 0.25) is 0 Å². The van der Waals surface area contributed by atoms with Gasteiger partial charge in [0.2, 0.25) is 5.91 Å². The van der Waals surface area contributed by atoms with E-state index < -0.39 is 0 Å². The molecule has 1 amide bonds. The predicted molar refractivity (Wildman–Crippen MR) is 52.8 cm³/mol. The highest BCUT2D eigenvalue weighted by molar-refractivity contribution is 6.19. The molecular formula is C10H16ClNO. The smallest absolute Gasteiger partial charge is 0.223 e. The number of hydrogen-bond donors (Lipinski definition) is 1. The SMILES string of the molecule is O=C(NC1(CCl)CC1)C1CCCC1. The quantitative estimate of drug-likeness (QED) is 0.696. The molecule has 2 saturated carbocycles. The van der Waals surface area contributed by atoms with Gasteiger partial charge in [0, 0.05) is 11.8 Å². The number of nitrogens with one attached hydrogen (secondary N) is 1. The molecule has 2 aliphatic rings. The molecule has 2 rings (SSSR count). The highest BCUT2D eigenvalue weighted by atomic mass is 35.5. The largest absolute Gasteiger partial charge is 0.349 e. The Morgan fingerprint density at radius 2 is 2.00 bits per heavy atom. The lowest BCUT2D eigenvalue weighted by molar-refractivity contribution is -0.125. The molecule has 0 radical (unpaired) electrons. The first-order valence-corrected chi connectivity index (χ1v) is 5.67. The molecule has 2 fully saturated rings. The average Bonchev–Trinajstić information content (AvgIpc) is 2.69. The first kappa shape index (κ1) is 9.32. The Balaban J connectivity index is 1.84. The first-order valence-electron chi connectivity index (χ1n) is 5.14. The van der Waals surface area contributed by atoms with Gasteiger partial charge in [0.15, 0.2) is 0 Å². The summed E-state index contributed by atoms with van der Waals surface area (Å²) >= 11 is 5.79. The molecule has 74 valence electrons. The van der Waals surface area contributed by atoms with Crippen molar-refractivity contribution < 1.29 is 4.79 Å². The molecule has 3 heteroatoms. The van der Waals surface area contributed by atoms with Crippen LogP contribution in [-0.2, 0) is 4.79 Å². The lowest BCUT2D eigenvalue weighted by atomic mass is 10.1. The number of rotatable bonds is 3. The van der Waals surface area contributed by atoms with Crippen molar-refractivity contribution in [2.45, 2.75) is 44.1 Å². The predicted octanol–water partition coefficient (Wildman–Crippen LogP) is 2.06. The van der Waals surface area contributed by atoms with Gasteiger partial charge in [0.05, 0.1) is 5.54 Å². The summed E-state index contributed by atoms with van der Waals surface area (Å²) in [5.41, 5.74) is -0.0127. The summed E-state index contributed by atoms with van der Waals surface area (Å²) in [6.45, 7) is 0. The van der Waals surface area contributed by atoms with E-state index in [4.69, 9.17) is 11.6 Å². The molecule has 0 aromatic carbocycles. The van der Waals surface area contributed by atoms with Crippen LogP contribution in [0.15, 0.2) is 0 Å². The summed E-state index contributed by atoms with van der Waals surface area (Å²) in [5, 5.41) is 3.09. The molecule has 0 aromatic heterocycles. The van der Waals surface area contributed by atoms with E-state index in [1.807, 2.05) is 0 Å². The Hall–Kier alpha value is -0.240. The lowest BCUT2D eigenvalue weighted by Gasteiger charge is -2.17. The van der Waals surface area contributed by atoms with Crippen LogP contribution in [0, 0.1) is 5.92 Å². The van der Waals surface area contributed by atoms with Crippen LogP contribution >= 0.6 is 11.6 Å². The molecular weight excluding hydrogens is 186 g/mol. The number of alkyl halides is 1. The molecule has 2 aliphatic carbocycles. The molecule has 0 aromatic rings. The minimum atomic E-state index is -0.0127. The normalized spacial score (nSPS) is 25.9. The Kier molecular flexibility index (Phi) is 2.50. The summed E-state index contributed by atoms with van der Waals surface area (Å²) in [6.07, 6.45) is 6.70. The van der Waals surface area contributed by atoms with Crippen LogP contribution in [0.25, 0.3) is 0 Å². The minimum absolute atomic E-state index is 0.0127. The van der Waals surface area contributed by atoms with Crippen molar-refractivity contribution in [3.63, 3.8) is 0 Å². The summed E-state index contributed by atoms with van der Waals surface area (Å²) in [7, 11) is 0. The number of halogens is 1. The van der Waals surface area contributed by atoms with Gasteiger partial charge in [-0.15, -0.1) is 11.6 Å². The van der Waals surface area contributed by atoms with Crippen molar-refractivity contribution in [1.82, 2.24) is 5.32 Å². The second kappa shape index (κ2) is 3.49. The van der Waals surface area contributed by atoms with Gasteiger partial charge in [-0.2, -0.15) is 0 Å². The molecule has 1 N–H and O–H groups in total. The van der Waals surface area contributed by atoms with E-state index in [1.54, 1.807) is 0 Å². The van der Waals surface area contributed by atoms with Crippen molar-refractivity contribution in [2.75, 3.05) is 5.88 Å². The van der Waals surface area contributed by atoms with Crippen molar-refractivity contribution in [2.24, 2.45) is 5.92 Å². The maximum atomic E-state index is 11.7. The lowest BCUT2D eigenvalue weighted by Crippen LogP contribution is -2.41. The summed E-state index contributed by atoms with van der Waals surface area (Å²) in [5.74, 6) is 1.10. The van der Waals surface area contributed by atoms with Gasteiger partial charge in [-0.1, -0.05) is 12.8 Å². The molecule has 0 saturated heterocycles. The second-order valence-electron chi connectivity index (χ2n) is 4.38. The van der Waals surface area contributed by atoms with Crippen LogP contribution in [-0.4, -0.2) is 17.3 Å². The van der Waals surface area contributed by atoms with E-state index in [0.29, 0.717) is 5.88 Å². The Bertz CT molecular complexity index is 207. The summed E-state index contributed by atoms with van der Waals surface area (Å²) < 4.78 is 0. The Morgan fingerprint density at radius 3 is 2.46 bits per heavy atom. The van der Waals surface area contributed by atoms with Crippen LogP contribution < -0.4 is 5.32 Å². The maximum Gasteiger partial charge on any atom is 0.223 e. The number of carbonyl (C=O) groups excluding carboxylic acids is 1. The highest BCUT2D eigenvalue weighted by Gasteiger charge is 2.44. The monoisotopic (exact) mass is 201 g/mol. The highest BCUT2D eigenvalue weighted by Crippen LogP contribution is 2.37. The van der Waals surface area contributed by atoms with E-state index in [0.717, 1.165) is 25.7 Å². The van der Waals surface area contributed by atoms with Gasteiger partial charge in [-0.05, 0) is 25.7 Å². The van der Waals surface area contributed by atoms with Crippen molar-refractivity contribution >= 4 is 17.5 Å². The third-order valence-electron chi connectivity index (χ3n) is 3.22. The fraction of sp³-hybridized carbons (Fsp3) is 0.900. The van der Waals surface area contributed by atoms with Gasteiger partial charge < -0.3 is 5.32 Å². The third kappa shape index (κ3) is 1.98. The number of hydrogen-bond acceptors (Lipinski definition) is 1. The van der Waals surface area contributed by atoms with Crippen molar-refractivity contribution in [3.05, 3.63) is 0 Å². The fourth-order valence-electron chi connectivity index (χ4n) is 1.99. The molecule has 0 spiro atoms. The first-order chi connectivity index (χ1) is 6.26. The van der Waals surface area contributed by atoms with Gasteiger partial charge in [0.1, 0.15) is 0 Å². The van der Waals surface area contributed by atoms with Crippen LogP contribution in [0.3, 0.4) is 0 Å². The number of amides is 1. The molecule has 0 heterocycles. The van der Waals surface area contributed by atoms with Gasteiger partial charge >= 0.3 is 0 Å². The minimum Gasteiger partial charge on any atom is -0.349 e. The van der Waals surface area contributed by atoms with Crippen molar-refractivity contribution in [1.29, 1.82) is 0 Å². The Morgan fingerprint density at radius 1 is 1.38 bits per heavy atom. The van der Waals surface area contributed by atoms with E-state index >= 15 is 0 Å². The molecule has 0 atom stereocenters. The van der Waals surface area contributed by atoms with Gasteiger partial charge in [0.25, 0.3) is 0 Å². The molecule has 0 bridgehead atoms. The van der Waals surface area contributed by atoms with Gasteiger partial charge in [-0.3, -0.25) is 4.79 Å². The average molecular weight is 202 g/mol. The maximum absolute atomic E-state index is 11.7. The van der Waals surface area contributed by atoms with Crippen LogP contribution in [0.1, 0.15) is 38.5 Å². The zero-order chi connectivity index (χ0) is 9.31. The molecule has 0 aliphatic heterocycles. The van der Waals surface area contributed by atoms with Gasteiger partial charge in [-0.25, -0.2) is 0 Å². The molecule has 2 nitrogen and oxygen atoms in total. The second-order valence-corrected chi connectivity index (χ2v) is 4.65. The van der Waals surface area contributed by atoms with Crippen LogP contribution in [0.5, 0.6) is 0 Å². The standard InChI is InChI=1S/C10H16ClNO/c11-7-10(5-6-10)12-9(13)8-3-1-2-4-8/h8H,1-7H2,(H,12,13). The topological polar surface area (TPSA) is 29.1 Å². The van der Waals surface area contributed by atoms with Crippen LogP contribution in [0.4, 0.5) is 0 Å². The third-order valence-corrected chi connectivity index (χ3v) is 3.74. The zero-order valence-corrected chi connectivity index (χ0v) is 8.57. The Labute approximate surface area is 84.0 Å². The van der Waals surface area contributed by atoms with E-state index in [2.05, 4.69) is 5.32 Å². The zero-order valence-electron chi connectivity index (χ0n) is 7.81. The van der Waals surface area contributed by atoms with E-state index in [-0.39, 0.29) is 17.4 Å². The molecule has 0 unspecified atom stereocenters.